The fourth-order valence-electron chi connectivity index (χ4n) is 1.55. The maximum absolute atomic E-state index is 5.99. The van der Waals surface area contributed by atoms with Crippen molar-refractivity contribution in [3.63, 3.8) is 0 Å². The van der Waals surface area contributed by atoms with Gasteiger partial charge in [0, 0.05) is 17.8 Å². The molecule has 0 amide bonds. The standard InChI is InChI=1S/C11H13N3/c1-2-5-10(12)9-8-13-14-7-4-3-6-11(9)14/h2-4,6-8,10H,1,5,12H2. The normalized spacial score (nSPS) is 12.9. The molecule has 2 N–H and O–H groups in total. The van der Waals surface area contributed by atoms with Crippen LogP contribution in [0.15, 0.2) is 43.2 Å². The summed E-state index contributed by atoms with van der Waals surface area (Å²) in [5, 5.41) is 4.22. The lowest BCUT2D eigenvalue weighted by molar-refractivity contribution is 0.748. The SMILES string of the molecule is C=CCC(N)c1cnn2ccccc12. The van der Waals surface area contributed by atoms with Crippen LogP contribution in [0.3, 0.4) is 0 Å². The Bertz CT molecular complexity index is 444. The van der Waals surface area contributed by atoms with Gasteiger partial charge in [-0.2, -0.15) is 5.10 Å². The molecule has 3 heteroatoms. The molecule has 14 heavy (non-hydrogen) atoms. The fourth-order valence-corrected chi connectivity index (χ4v) is 1.55. The van der Waals surface area contributed by atoms with Crippen molar-refractivity contribution in [3.05, 3.63) is 48.8 Å². The van der Waals surface area contributed by atoms with Crippen LogP contribution in [-0.4, -0.2) is 9.61 Å². The van der Waals surface area contributed by atoms with Crippen LogP contribution < -0.4 is 5.73 Å². The van der Waals surface area contributed by atoms with Crippen LogP contribution in [0, 0.1) is 0 Å². The molecule has 0 saturated heterocycles. The van der Waals surface area contributed by atoms with Crippen molar-refractivity contribution >= 4 is 5.52 Å². The van der Waals surface area contributed by atoms with Crippen molar-refractivity contribution in [2.75, 3.05) is 0 Å². The molecule has 2 rings (SSSR count). The van der Waals surface area contributed by atoms with Gasteiger partial charge in [0.25, 0.3) is 0 Å². The lowest BCUT2D eigenvalue weighted by Crippen LogP contribution is -2.08. The first-order valence-electron chi connectivity index (χ1n) is 4.61. The van der Waals surface area contributed by atoms with Gasteiger partial charge < -0.3 is 5.73 Å². The summed E-state index contributed by atoms with van der Waals surface area (Å²) in [6, 6.07) is 5.95. The van der Waals surface area contributed by atoms with E-state index in [0.29, 0.717) is 0 Å². The van der Waals surface area contributed by atoms with Gasteiger partial charge in [0.2, 0.25) is 0 Å². The van der Waals surface area contributed by atoms with Gasteiger partial charge in [-0.25, -0.2) is 4.52 Å². The smallest absolute Gasteiger partial charge is 0.0709 e. The molecular formula is C11H13N3. The Morgan fingerprint density at radius 2 is 2.43 bits per heavy atom. The average molecular weight is 187 g/mol. The number of pyridine rings is 1. The molecule has 1 atom stereocenters. The minimum atomic E-state index is -0.00704. The van der Waals surface area contributed by atoms with E-state index in [4.69, 9.17) is 5.73 Å². The molecule has 0 aliphatic rings. The summed E-state index contributed by atoms with van der Waals surface area (Å²) < 4.78 is 1.83. The fraction of sp³-hybridized carbons (Fsp3) is 0.182. The molecule has 2 aromatic rings. The number of hydrogen-bond donors (Lipinski definition) is 1. The van der Waals surface area contributed by atoms with E-state index in [1.54, 1.807) is 0 Å². The van der Waals surface area contributed by atoms with Crippen molar-refractivity contribution < 1.29 is 0 Å². The zero-order valence-corrected chi connectivity index (χ0v) is 7.93. The van der Waals surface area contributed by atoms with Crippen LogP contribution >= 0.6 is 0 Å². The van der Waals surface area contributed by atoms with Crippen LogP contribution in [0.4, 0.5) is 0 Å². The van der Waals surface area contributed by atoms with E-state index in [-0.39, 0.29) is 6.04 Å². The number of hydrogen-bond acceptors (Lipinski definition) is 2. The first kappa shape index (κ1) is 8.97. The Morgan fingerprint density at radius 3 is 3.21 bits per heavy atom. The molecular weight excluding hydrogens is 174 g/mol. The zero-order valence-electron chi connectivity index (χ0n) is 7.93. The summed E-state index contributed by atoms with van der Waals surface area (Å²) in [6.07, 6.45) is 6.34. The van der Waals surface area contributed by atoms with Crippen molar-refractivity contribution in [3.8, 4) is 0 Å². The molecule has 0 spiro atoms. The van der Waals surface area contributed by atoms with Crippen LogP contribution in [0.5, 0.6) is 0 Å². The molecule has 1 unspecified atom stereocenters. The predicted molar refractivity (Wildman–Crippen MR) is 56.9 cm³/mol. The van der Waals surface area contributed by atoms with Gasteiger partial charge in [-0.15, -0.1) is 6.58 Å². The monoisotopic (exact) mass is 187 g/mol. The molecule has 0 bridgehead atoms. The van der Waals surface area contributed by atoms with Gasteiger partial charge in [-0.1, -0.05) is 12.1 Å². The first-order valence-corrected chi connectivity index (χ1v) is 4.61. The molecule has 72 valence electrons. The molecule has 0 aromatic carbocycles. The van der Waals surface area contributed by atoms with Crippen molar-refractivity contribution in [1.82, 2.24) is 9.61 Å². The summed E-state index contributed by atoms with van der Waals surface area (Å²) in [6.45, 7) is 3.68. The van der Waals surface area contributed by atoms with E-state index < -0.39 is 0 Å². The van der Waals surface area contributed by atoms with Crippen LogP contribution in [-0.2, 0) is 0 Å². The summed E-state index contributed by atoms with van der Waals surface area (Å²) in [5.41, 5.74) is 8.14. The largest absolute Gasteiger partial charge is 0.324 e. The third-order valence-electron chi connectivity index (χ3n) is 2.28. The molecule has 2 heterocycles. The highest BCUT2D eigenvalue weighted by Crippen LogP contribution is 2.19. The third-order valence-corrected chi connectivity index (χ3v) is 2.28. The molecule has 0 aliphatic heterocycles. The molecule has 0 radical (unpaired) electrons. The highest BCUT2D eigenvalue weighted by Gasteiger charge is 2.09. The highest BCUT2D eigenvalue weighted by molar-refractivity contribution is 5.54. The zero-order chi connectivity index (χ0) is 9.97. The summed E-state index contributed by atoms with van der Waals surface area (Å²) in [4.78, 5) is 0. The summed E-state index contributed by atoms with van der Waals surface area (Å²) in [5.74, 6) is 0. The van der Waals surface area contributed by atoms with E-state index in [1.807, 2.05) is 41.2 Å². The summed E-state index contributed by atoms with van der Waals surface area (Å²) in [7, 11) is 0. The number of fused-ring (bicyclic) bond motifs is 1. The molecule has 0 fully saturated rings. The van der Waals surface area contributed by atoms with E-state index in [9.17, 15) is 0 Å². The van der Waals surface area contributed by atoms with Gasteiger partial charge in [0.1, 0.15) is 0 Å². The van der Waals surface area contributed by atoms with E-state index in [0.717, 1.165) is 17.5 Å². The second kappa shape index (κ2) is 3.64. The average Bonchev–Trinajstić information content (AvgIpc) is 2.61. The van der Waals surface area contributed by atoms with Gasteiger partial charge in [-0.05, 0) is 18.6 Å². The maximum atomic E-state index is 5.99. The molecule has 0 saturated carbocycles. The van der Waals surface area contributed by atoms with Crippen LogP contribution in [0.25, 0.3) is 5.52 Å². The second-order valence-corrected chi connectivity index (χ2v) is 3.26. The summed E-state index contributed by atoms with van der Waals surface area (Å²) >= 11 is 0. The quantitative estimate of drug-likeness (QED) is 0.746. The van der Waals surface area contributed by atoms with Crippen molar-refractivity contribution in [2.45, 2.75) is 12.5 Å². The third kappa shape index (κ3) is 1.42. The number of rotatable bonds is 3. The molecule has 3 nitrogen and oxygen atoms in total. The Labute approximate surface area is 82.8 Å². The highest BCUT2D eigenvalue weighted by atomic mass is 15.2. The molecule has 2 aromatic heterocycles. The lowest BCUT2D eigenvalue weighted by atomic mass is 10.1. The van der Waals surface area contributed by atoms with Crippen LogP contribution in [0.2, 0.25) is 0 Å². The minimum absolute atomic E-state index is 0.00704. The van der Waals surface area contributed by atoms with Crippen molar-refractivity contribution in [1.29, 1.82) is 0 Å². The number of aromatic nitrogens is 2. The lowest BCUT2D eigenvalue weighted by Gasteiger charge is -2.06. The Hall–Kier alpha value is -1.61. The maximum Gasteiger partial charge on any atom is 0.0709 e. The van der Waals surface area contributed by atoms with Crippen molar-refractivity contribution in [2.24, 2.45) is 5.73 Å². The Kier molecular flexibility index (Phi) is 2.33. The van der Waals surface area contributed by atoms with Gasteiger partial charge >= 0.3 is 0 Å². The van der Waals surface area contributed by atoms with Crippen LogP contribution in [0.1, 0.15) is 18.0 Å². The van der Waals surface area contributed by atoms with Gasteiger partial charge in [-0.3, -0.25) is 0 Å². The number of nitrogens with zero attached hydrogens (tertiary/aromatic N) is 2. The molecule has 0 aliphatic carbocycles. The second-order valence-electron chi connectivity index (χ2n) is 3.26. The van der Waals surface area contributed by atoms with E-state index in [2.05, 4.69) is 11.7 Å². The Morgan fingerprint density at radius 1 is 1.57 bits per heavy atom. The van der Waals surface area contributed by atoms with Gasteiger partial charge in [0.15, 0.2) is 0 Å². The first-order chi connectivity index (χ1) is 6.83. The van der Waals surface area contributed by atoms with E-state index in [1.165, 1.54) is 0 Å². The van der Waals surface area contributed by atoms with E-state index >= 15 is 0 Å². The predicted octanol–water partition coefficient (Wildman–Crippen LogP) is 1.91. The van der Waals surface area contributed by atoms with Gasteiger partial charge in [0.05, 0.1) is 11.7 Å². The topological polar surface area (TPSA) is 43.3 Å². The number of nitrogens with two attached hydrogens (primary N) is 1. The Balaban J connectivity index is 2.47. The minimum Gasteiger partial charge on any atom is -0.324 e.